The van der Waals surface area contributed by atoms with Crippen molar-refractivity contribution in [3.05, 3.63) is 72.4 Å². The van der Waals surface area contributed by atoms with Gasteiger partial charge in [-0.05, 0) is 43.3 Å². The summed E-state index contributed by atoms with van der Waals surface area (Å²) in [5, 5.41) is 7.99. The predicted octanol–water partition coefficient (Wildman–Crippen LogP) is 3.70. The highest BCUT2D eigenvalue weighted by Crippen LogP contribution is 2.20. The molecule has 0 saturated heterocycles. The summed E-state index contributed by atoms with van der Waals surface area (Å²) in [6.07, 6.45) is 3.68. The maximum Gasteiger partial charge on any atom is 0.236 e. The van der Waals surface area contributed by atoms with E-state index in [2.05, 4.69) is 15.4 Å². The Morgan fingerprint density at radius 1 is 1.22 bits per heavy atom. The molecule has 4 rings (SSSR count). The van der Waals surface area contributed by atoms with Crippen LogP contribution in [0.4, 0.5) is 10.2 Å². The molecule has 0 saturated carbocycles. The van der Waals surface area contributed by atoms with Gasteiger partial charge in [-0.2, -0.15) is 5.10 Å². The Balaban J connectivity index is 1.48. The van der Waals surface area contributed by atoms with Gasteiger partial charge in [0.25, 0.3) is 0 Å². The number of aromatic nitrogens is 4. The first-order valence-corrected chi connectivity index (χ1v) is 9.26. The molecule has 0 unspecified atom stereocenters. The van der Waals surface area contributed by atoms with Gasteiger partial charge in [-0.15, -0.1) is 0 Å². The van der Waals surface area contributed by atoms with Crippen molar-refractivity contribution in [2.24, 2.45) is 0 Å². The number of halogens is 1. The van der Waals surface area contributed by atoms with Gasteiger partial charge in [0.05, 0.1) is 28.8 Å². The molecule has 0 spiro atoms. The van der Waals surface area contributed by atoms with Crippen LogP contribution in [0.25, 0.3) is 11.2 Å². The molecule has 3 heterocycles. The van der Waals surface area contributed by atoms with Crippen LogP contribution in [-0.4, -0.2) is 30.8 Å². The van der Waals surface area contributed by atoms with E-state index in [4.69, 9.17) is 0 Å². The molecule has 3 aromatic heterocycles. The van der Waals surface area contributed by atoms with Crippen molar-refractivity contribution in [3.63, 3.8) is 0 Å². The molecule has 0 fully saturated rings. The molecule has 0 aliphatic rings. The molecule has 1 aromatic carbocycles. The Hall–Kier alpha value is -3.13. The van der Waals surface area contributed by atoms with Gasteiger partial charge < -0.3 is 5.32 Å². The Morgan fingerprint density at radius 3 is 2.85 bits per heavy atom. The van der Waals surface area contributed by atoms with E-state index in [9.17, 15) is 9.18 Å². The third-order valence-electron chi connectivity index (χ3n) is 3.91. The highest BCUT2D eigenvalue weighted by atomic mass is 32.2. The van der Waals surface area contributed by atoms with Crippen molar-refractivity contribution in [1.29, 1.82) is 0 Å². The molecule has 27 heavy (non-hydrogen) atoms. The van der Waals surface area contributed by atoms with Crippen LogP contribution in [0.5, 0.6) is 0 Å². The van der Waals surface area contributed by atoms with Crippen LogP contribution >= 0.6 is 11.8 Å². The van der Waals surface area contributed by atoms with Gasteiger partial charge in [0, 0.05) is 12.3 Å². The fourth-order valence-electron chi connectivity index (χ4n) is 2.70. The van der Waals surface area contributed by atoms with Crippen LogP contribution in [-0.2, 0) is 4.79 Å². The highest BCUT2D eigenvalue weighted by Gasteiger charge is 2.13. The van der Waals surface area contributed by atoms with Gasteiger partial charge in [-0.1, -0.05) is 17.8 Å². The van der Waals surface area contributed by atoms with Crippen LogP contribution in [0.1, 0.15) is 5.69 Å². The summed E-state index contributed by atoms with van der Waals surface area (Å²) in [6.45, 7) is 1.83. The highest BCUT2D eigenvalue weighted by molar-refractivity contribution is 7.99. The Bertz CT molecular complexity index is 1100. The maximum absolute atomic E-state index is 13.2. The summed E-state index contributed by atoms with van der Waals surface area (Å²) in [5.74, 6) is 0.256. The average Bonchev–Trinajstić information content (AvgIpc) is 3.24. The largest absolute Gasteiger partial charge is 0.310 e. The molecule has 0 radical (unpaired) electrons. The lowest BCUT2D eigenvalue weighted by molar-refractivity contribution is -0.113. The van der Waals surface area contributed by atoms with Gasteiger partial charge in [0.1, 0.15) is 11.6 Å². The number of anilines is 1. The first-order valence-electron chi connectivity index (χ1n) is 8.27. The lowest BCUT2D eigenvalue weighted by Crippen LogP contribution is -2.17. The molecule has 136 valence electrons. The minimum atomic E-state index is -0.323. The van der Waals surface area contributed by atoms with Crippen molar-refractivity contribution in [3.8, 4) is 5.69 Å². The van der Waals surface area contributed by atoms with E-state index in [1.54, 1.807) is 29.1 Å². The van der Waals surface area contributed by atoms with Crippen LogP contribution < -0.4 is 5.32 Å². The van der Waals surface area contributed by atoms with Crippen molar-refractivity contribution in [2.75, 3.05) is 11.1 Å². The summed E-state index contributed by atoms with van der Waals surface area (Å²) in [5.41, 5.74) is 2.40. The van der Waals surface area contributed by atoms with Gasteiger partial charge in [-0.3, -0.25) is 9.20 Å². The second-order valence-corrected chi connectivity index (χ2v) is 6.87. The Kier molecular flexibility index (Phi) is 4.64. The lowest BCUT2D eigenvalue weighted by Gasteiger charge is -2.09. The third kappa shape index (κ3) is 3.70. The summed E-state index contributed by atoms with van der Waals surface area (Å²) >= 11 is 1.35. The maximum atomic E-state index is 13.2. The molecule has 1 amide bonds. The van der Waals surface area contributed by atoms with E-state index in [0.29, 0.717) is 11.5 Å². The van der Waals surface area contributed by atoms with E-state index in [0.717, 1.165) is 16.4 Å². The molecular formula is C19H16FN5OS. The summed E-state index contributed by atoms with van der Waals surface area (Å²) < 4.78 is 16.7. The van der Waals surface area contributed by atoms with Gasteiger partial charge >= 0.3 is 0 Å². The Morgan fingerprint density at radius 2 is 2.04 bits per heavy atom. The van der Waals surface area contributed by atoms with Crippen molar-refractivity contribution < 1.29 is 9.18 Å². The number of aryl methyl sites for hydroxylation is 1. The summed E-state index contributed by atoms with van der Waals surface area (Å²) in [7, 11) is 0. The monoisotopic (exact) mass is 381 g/mol. The molecule has 0 atom stereocenters. The van der Waals surface area contributed by atoms with Gasteiger partial charge in [-0.25, -0.2) is 14.1 Å². The minimum Gasteiger partial charge on any atom is -0.310 e. The first-order chi connectivity index (χ1) is 13.1. The molecule has 0 aliphatic carbocycles. The van der Waals surface area contributed by atoms with Crippen molar-refractivity contribution in [1.82, 2.24) is 19.2 Å². The van der Waals surface area contributed by atoms with E-state index >= 15 is 0 Å². The summed E-state index contributed by atoms with van der Waals surface area (Å²) in [6, 6.07) is 13.5. The third-order valence-corrected chi connectivity index (χ3v) is 4.87. The topological polar surface area (TPSA) is 64.2 Å². The number of hydrogen-bond acceptors (Lipinski definition) is 4. The molecular weight excluding hydrogens is 365 g/mol. The number of hydrogen-bond donors (Lipinski definition) is 1. The average molecular weight is 381 g/mol. The number of imidazole rings is 1. The first kappa shape index (κ1) is 17.3. The molecule has 6 nitrogen and oxygen atoms in total. The molecule has 0 bridgehead atoms. The van der Waals surface area contributed by atoms with Crippen LogP contribution in [0.15, 0.2) is 66.1 Å². The van der Waals surface area contributed by atoms with Crippen LogP contribution in [0.2, 0.25) is 0 Å². The number of carbonyl (C=O) groups is 1. The summed E-state index contributed by atoms with van der Waals surface area (Å²) in [4.78, 5) is 16.8. The van der Waals surface area contributed by atoms with E-state index in [-0.39, 0.29) is 17.5 Å². The fourth-order valence-corrected chi connectivity index (χ4v) is 3.47. The number of fused-ring (bicyclic) bond motifs is 1. The zero-order chi connectivity index (χ0) is 18.8. The zero-order valence-corrected chi connectivity index (χ0v) is 15.3. The van der Waals surface area contributed by atoms with E-state index in [1.807, 2.05) is 35.7 Å². The second-order valence-electron chi connectivity index (χ2n) is 5.93. The van der Waals surface area contributed by atoms with Gasteiger partial charge in [0.15, 0.2) is 5.16 Å². The molecule has 1 N–H and O–H groups in total. The number of benzene rings is 1. The predicted molar refractivity (Wildman–Crippen MR) is 103 cm³/mol. The van der Waals surface area contributed by atoms with E-state index < -0.39 is 0 Å². The van der Waals surface area contributed by atoms with Crippen molar-refractivity contribution >= 4 is 29.0 Å². The van der Waals surface area contributed by atoms with Gasteiger partial charge in [0.2, 0.25) is 5.91 Å². The van der Waals surface area contributed by atoms with Crippen LogP contribution in [0, 0.1) is 12.7 Å². The number of pyridine rings is 1. The lowest BCUT2D eigenvalue weighted by atomic mass is 10.3. The number of thioether (sulfide) groups is 1. The quantitative estimate of drug-likeness (QED) is 0.536. The molecule has 8 heteroatoms. The van der Waals surface area contributed by atoms with Crippen molar-refractivity contribution in [2.45, 2.75) is 12.1 Å². The number of carbonyl (C=O) groups excluding carboxylic acids is 1. The number of rotatable bonds is 5. The van der Waals surface area contributed by atoms with E-state index in [1.165, 1.54) is 23.9 Å². The molecule has 0 aliphatic heterocycles. The SMILES string of the molecule is Cc1cc(NC(=O)CSc2ncc3ccccn23)n(-c2ccc(F)cc2)n1. The second kappa shape index (κ2) is 7.24. The van der Waals surface area contributed by atoms with Crippen LogP contribution in [0.3, 0.4) is 0 Å². The normalized spacial score (nSPS) is 11.0. The fraction of sp³-hybridized carbons (Fsp3) is 0.105. The Labute approximate surface area is 159 Å². The zero-order valence-electron chi connectivity index (χ0n) is 14.5. The smallest absolute Gasteiger partial charge is 0.236 e. The molecule has 4 aromatic rings. The number of nitrogens with zero attached hydrogens (tertiary/aromatic N) is 4. The number of amides is 1. The number of nitrogens with one attached hydrogen (secondary N) is 1. The minimum absolute atomic E-state index is 0.170. The standard InChI is InChI=1S/C19H16FN5OS/c1-13-10-17(25(23-13)15-7-5-14(20)6-8-15)22-18(26)12-27-19-21-11-16-4-2-3-9-24(16)19/h2-11H,12H2,1H3,(H,22,26).